The number of thiazole rings is 1. The Morgan fingerprint density at radius 1 is 1.23 bits per heavy atom. The molecule has 2 aromatic rings. The van der Waals surface area contributed by atoms with Crippen LogP contribution in [0, 0.1) is 12.8 Å². The molecule has 0 saturated carbocycles. The van der Waals surface area contributed by atoms with E-state index in [1.54, 1.807) is 11.3 Å². The fourth-order valence-electron chi connectivity index (χ4n) is 2.51. The molecule has 1 aromatic heterocycles. The molecule has 1 heterocycles. The summed E-state index contributed by atoms with van der Waals surface area (Å²) in [6.45, 7) is 7.63. The lowest BCUT2D eigenvalue weighted by molar-refractivity contribution is 0.258. The zero-order valence-electron chi connectivity index (χ0n) is 13.7. The summed E-state index contributed by atoms with van der Waals surface area (Å²) in [4.78, 5) is 6.05. The zero-order chi connectivity index (χ0) is 15.9. The first-order chi connectivity index (χ1) is 10.6. The summed E-state index contributed by atoms with van der Waals surface area (Å²) in [6, 6.07) is 10.8. The van der Waals surface area contributed by atoms with Gasteiger partial charge in [0, 0.05) is 23.9 Å². The number of nitrogens with one attached hydrogen (secondary N) is 1. The monoisotopic (exact) mass is 318 g/mol. The molecule has 0 aliphatic carbocycles. The molecule has 0 spiro atoms. The number of hydrogen-bond donors (Lipinski definition) is 2. The molecule has 0 saturated heterocycles. The van der Waals surface area contributed by atoms with Crippen molar-refractivity contribution in [2.75, 3.05) is 13.2 Å². The number of aromatic nitrogens is 1. The van der Waals surface area contributed by atoms with Crippen molar-refractivity contribution in [2.45, 2.75) is 39.7 Å². The van der Waals surface area contributed by atoms with Crippen LogP contribution in [0.1, 0.15) is 47.5 Å². The largest absolute Gasteiger partial charge is 0.396 e. The highest BCUT2D eigenvalue weighted by molar-refractivity contribution is 7.11. The molecule has 2 atom stereocenters. The Labute approximate surface area is 137 Å². The lowest BCUT2D eigenvalue weighted by Gasteiger charge is -2.16. The molecule has 3 nitrogen and oxygen atoms in total. The van der Waals surface area contributed by atoms with E-state index >= 15 is 0 Å². The summed E-state index contributed by atoms with van der Waals surface area (Å²) in [5.41, 5.74) is 2.44. The highest BCUT2D eigenvalue weighted by Gasteiger charge is 2.15. The molecule has 0 aliphatic rings. The van der Waals surface area contributed by atoms with Crippen molar-refractivity contribution < 1.29 is 5.11 Å². The SMILES string of the molecule is Cc1nc(Cc2ccccc2)sc1C(C)NCC(C)CCO. The number of aryl methyl sites for hydroxylation is 1. The summed E-state index contributed by atoms with van der Waals surface area (Å²) in [6.07, 6.45) is 1.75. The standard InChI is InChI=1S/C18H26N2OS/c1-13(9-10-21)12-19-14(2)18-15(3)20-17(22-18)11-16-7-5-4-6-8-16/h4-8,13-14,19,21H,9-12H2,1-3H3. The van der Waals surface area contributed by atoms with Crippen LogP contribution in [0.25, 0.3) is 0 Å². The van der Waals surface area contributed by atoms with Crippen molar-refractivity contribution in [3.8, 4) is 0 Å². The normalized spacial score (nSPS) is 14.0. The predicted octanol–water partition coefficient (Wildman–Crippen LogP) is 3.71. The van der Waals surface area contributed by atoms with Crippen molar-refractivity contribution in [3.05, 3.63) is 51.5 Å². The van der Waals surface area contributed by atoms with E-state index in [2.05, 4.69) is 50.4 Å². The predicted molar refractivity (Wildman–Crippen MR) is 93.4 cm³/mol. The Morgan fingerprint density at radius 2 is 1.95 bits per heavy atom. The highest BCUT2D eigenvalue weighted by atomic mass is 32.1. The second kappa shape index (κ2) is 8.42. The fourth-order valence-corrected chi connectivity index (χ4v) is 3.64. The minimum atomic E-state index is 0.262. The average molecular weight is 318 g/mol. The van der Waals surface area contributed by atoms with E-state index in [0.29, 0.717) is 12.0 Å². The fraction of sp³-hybridized carbons (Fsp3) is 0.500. The van der Waals surface area contributed by atoms with Crippen molar-refractivity contribution in [2.24, 2.45) is 5.92 Å². The van der Waals surface area contributed by atoms with Crippen LogP contribution in [0.15, 0.2) is 30.3 Å². The lowest BCUT2D eigenvalue weighted by atomic mass is 10.1. The van der Waals surface area contributed by atoms with Crippen molar-refractivity contribution in [1.29, 1.82) is 0 Å². The minimum Gasteiger partial charge on any atom is -0.396 e. The Balaban J connectivity index is 1.97. The smallest absolute Gasteiger partial charge is 0.0975 e. The molecule has 0 fully saturated rings. The summed E-state index contributed by atoms with van der Waals surface area (Å²) < 4.78 is 0. The molecule has 2 unspecified atom stereocenters. The molecule has 0 radical (unpaired) electrons. The van der Waals surface area contributed by atoms with Gasteiger partial charge in [0.1, 0.15) is 0 Å². The highest BCUT2D eigenvalue weighted by Crippen LogP contribution is 2.26. The van der Waals surface area contributed by atoms with E-state index in [0.717, 1.165) is 25.1 Å². The van der Waals surface area contributed by atoms with E-state index in [4.69, 9.17) is 10.1 Å². The Bertz CT molecular complexity index is 568. The molecular formula is C18H26N2OS. The van der Waals surface area contributed by atoms with Gasteiger partial charge in [-0.1, -0.05) is 37.3 Å². The van der Waals surface area contributed by atoms with Crippen molar-refractivity contribution in [1.82, 2.24) is 10.3 Å². The van der Waals surface area contributed by atoms with Gasteiger partial charge in [-0.3, -0.25) is 0 Å². The third-order valence-electron chi connectivity index (χ3n) is 3.86. The molecule has 0 amide bonds. The number of benzene rings is 1. The van der Waals surface area contributed by atoms with Crippen LogP contribution < -0.4 is 5.32 Å². The second-order valence-corrected chi connectivity index (χ2v) is 7.08. The van der Waals surface area contributed by atoms with Crippen LogP contribution in [0.3, 0.4) is 0 Å². The maximum absolute atomic E-state index is 8.97. The van der Waals surface area contributed by atoms with Crippen LogP contribution in [0.4, 0.5) is 0 Å². The number of aliphatic hydroxyl groups is 1. The van der Waals surface area contributed by atoms with Crippen LogP contribution >= 0.6 is 11.3 Å². The molecule has 4 heteroatoms. The molecule has 1 aromatic carbocycles. The van der Waals surface area contributed by atoms with Crippen molar-refractivity contribution >= 4 is 11.3 Å². The van der Waals surface area contributed by atoms with Crippen LogP contribution in [0.5, 0.6) is 0 Å². The Morgan fingerprint density at radius 3 is 2.64 bits per heavy atom. The van der Waals surface area contributed by atoms with E-state index in [9.17, 15) is 0 Å². The van der Waals surface area contributed by atoms with Gasteiger partial charge < -0.3 is 10.4 Å². The molecule has 2 rings (SSSR count). The first kappa shape index (κ1) is 17.1. The number of rotatable bonds is 8. The van der Waals surface area contributed by atoms with Gasteiger partial charge in [-0.25, -0.2) is 4.98 Å². The van der Waals surface area contributed by atoms with Gasteiger partial charge in [0.15, 0.2) is 0 Å². The summed E-state index contributed by atoms with van der Waals surface area (Å²) in [5, 5.41) is 13.7. The Kier molecular flexibility index (Phi) is 6.55. The van der Waals surface area contributed by atoms with Gasteiger partial charge in [0.25, 0.3) is 0 Å². The van der Waals surface area contributed by atoms with Gasteiger partial charge in [-0.2, -0.15) is 0 Å². The molecule has 0 bridgehead atoms. The third kappa shape index (κ3) is 4.90. The van der Waals surface area contributed by atoms with Gasteiger partial charge in [0.2, 0.25) is 0 Å². The lowest BCUT2D eigenvalue weighted by Crippen LogP contribution is -2.24. The van der Waals surface area contributed by atoms with E-state index in [1.165, 1.54) is 15.4 Å². The van der Waals surface area contributed by atoms with Gasteiger partial charge in [-0.15, -0.1) is 11.3 Å². The molecule has 2 N–H and O–H groups in total. The van der Waals surface area contributed by atoms with E-state index in [1.807, 2.05) is 6.07 Å². The third-order valence-corrected chi connectivity index (χ3v) is 5.20. The minimum absolute atomic E-state index is 0.262. The maximum atomic E-state index is 8.97. The average Bonchev–Trinajstić information content (AvgIpc) is 2.87. The number of hydrogen-bond acceptors (Lipinski definition) is 4. The first-order valence-corrected chi connectivity index (χ1v) is 8.76. The molecule has 22 heavy (non-hydrogen) atoms. The van der Waals surface area contributed by atoms with Gasteiger partial charge in [0.05, 0.1) is 10.7 Å². The molecular weight excluding hydrogens is 292 g/mol. The molecule has 0 aliphatic heterocycles. The first-order valence-electron chi connectivity index (χ1n) is 7.94. The number of aliphatic hydroxyl groups excluding tert-OH is 1. The van der Waals surface area contributed by atoms with Gasteiger partial charge in [-0.05, 0) is 38.3 Å². The van der Waals surface area contributed by atoms with Crippen LogP contribution in [-0.2, 0) is 6.42 Å². The quantitative estimate of drug-likeness (QED) is 0.780. The van der Waals surface area contributed by atoms with Crippen molar-refractivity contribution in [3.63, 3.8) is 0 Å². The van der Waals surface area contributed by atoms with E-state index in [-0.39, 0.29) is 6.61 Å². The van der Waals surface area contributed by atoms with Crippen LogP contribution in [0.2, 0.25) is 0 Å². The number of nitrogens with zero attached hydrogens (tertiary/aromatic N) is 1. The topological polar surface area (TPSA) is 45.2 Å². The molecule has 120 valence electrons. The summed E-state index contributed by atoms with van der Waals surface area (Å²) >= 11 is 1.80. The Hall–Kier alpha value is -1.23. The zero-order valence-corrected chi connectivity index (χ0v) is 14.5. The summed E-state index contributed by atoms with van der Waals surface area (Å²) in [5.74, 6) is 0.490. The van der Waals surface area contributed by atoms with Gasteiger partial charge >= 0.3 is 0 Å². The van der Waals surface area contributed by atoms with Crippen LogP contribution in [-0.4, -0.2) is 23.2 Å². The summed E-state index contributed by atoms with van der Waals surface area (Å²) in [7, 11) is 0. The maximum Gasteiger partial charge on any atom is 0.0975 e. The van der Waals surface area contributed by atoms with E-state index < -0.39 is 0 Å². The second-order valence-electron chi connectivity index (χ2n) is 5.97.